The van der Waals surface area contributed by atoms with Crippen molar-refractivity contribution >= 4 is 21.6 Å². The number of ether oxygens (including phenoxy) is 1. The molecule has 1 saturated heterocycles. The average molecular weight is 450 g/mol. The van der Waals surface area contributed by atoms with Gasteiger partial charge in [-0.15, -0.1) is 0 Å². The summed E-state index contributed by atoms with van der Waals surface area (Å²) in [5, 5.41) is 0. The molecule has 0 saturated carbocycles. The van der Waals surface area contributed by atoms with E-state index in [1.165, 1.54) is 18.2 Å². The van der Waals surface area contributed by atoms with Crippen LogP contribution in [0.1, 0.15) is 13.8 Å². The van der Waals surface area contributed by atoms with Crippen molar-refractivity contribution in [3.05, 3.63) is 54.3 Å². The number of anilines is 1. The summed E-state index contributed by atoms with van der Waals surface area (Å²) in [4.78, 5) is 16.5. The zero-order chi connectivity index (χ0) is 22.6. The van der Waals surface area contributed by atoms with Crippen LogP contribution in [-0.2, 0) is 14.8 Å². The fourth-order valence-electron chi connectivity index (χ4n) is 3.54. The Morgan fingerprint density at radius 3 is 2.19 bits per heavy atom. The zero-order valence-electron chi connectivity index (χ0n) is 17.9. The molecule has 31 heavy (non-hydrogen) atoms. The van der Waals surface area contributed by atoms with Crippen LogP contribution in [0.4, 0.5) is 10.1 Å². The van der Waals surface area contributed by atoms with Crippen molar-refractivity contribution in [1.82, 2.24) is 9.62 Å². The van der Waals surface area contributed by atoms with Gasteiger partial charge in [0.15, 0.2) is 0 Å². The maximum Gasteiger partial charge on any atom is 0.244 e. The fourth-order valence-corrected chi connectivity index (χ4v) is 4.96. The Balaban J connectivity index is 1.67. The number of amides is 1. The first kappa shape index (κ1) is 23.0. The molecule has 0 radical (unpaired) electrons. The summed E-state index contributed by atoms with van der Waals surface area (Å²) in [5.41, 5.74) is 1.04. The molecule has 1 aliphatic heterocycles. The van der Waals surface area contributed by atoms with E-state index >= 15 is 0 Å². The van der Waals surface area contributed by atoms with Crippen molar-refractivity contribution < 1.29 is 22.3 Å². The van der Waals surface area contributed by atoms with Crippen LogP contribution in [0, 0.1) is 11.7 Å². The molecule has 1 atom stereocenters. The molecule has 3 rings (SSSR count). The van der Waals surface area contributed by atoms with E-state index in [-0.39, 0.29) is 11.8 Å². The van der Waals surface area contributed by atoms with Gasteiger partial charge in [0.25, 0.3) is 0 Å². The van der Waals surface area contributed by atoms with E-state index in [2.05, 4.69) is 9.62 Å². The highest BCUT2D eigenvalue weighted by Gasteiger charge is 2.34. The highest BCUT2D eigenvalue weighted by atomic mass is 32.2. The largest absolute Gasteiger partial charge is 0.497 e. The number of halogens is 1. The number of methoxy groups -OCH3 is 1. The van der Waals surface area contributed by atoms with E-state index in [1.807, 2.05) is 24.3 Å². The van der Waals surface area contributed by atoms with Crippen LogP contribution in [0.3, 0.4) is 0 Å². The van der Waals surface area contributed by atoms with Gasteiger partial charge in [-0.1, -0.05) is 26.0 Å². The second-order valence-electron chi connectivity index (χ2n) is 7.78. The van der Waals surface area contributed by atoms with Gasteiger partial charge in [0.2, 0.25) is 15.9 Å². The van der Waals surface area contributed by atoms with Crippen molar-refractivity contribution in [2.75, 3.05) is 38.2 Å². The lowest BCUT2D eigenvalue weighted by Crippen LogP contribution is -2.56. The van der Waals surface area contributed by atoms with Gasteiger partial charge in [-0.25, -0.2) is 12.8 Å². The number of hydrogen-bond donors (Lipinski definition) is 1. The number of carbonyl (C=O) groups excluding carboxylic acids is 1. The molecule has 0 bridgehead atoms. The third-order valence-corrected chi connectivity index (χ3v) is 6.84. The van der Waals surface area contributed by atoms with Crippen LogP contribution in [0.15, 0.2) is 53.4 Å². The number of nitrogens with one attached hydrogen (secondary N) is 1. The third-order valence-electron chi connectivity index (χ3n) is 5.37. The first-order valence-electron chi connectivity index (χ1n) is 10.2. The molecule has 2 aromatic carbocycles. The van der Waals surface area contributed by atoms with Gasteiger partial charge in [-0.05, 0) is 42.3 Å². The number of piperazine rings is 1. The summed E-state index contributed by atoms with van der Waals surface area (Å²) in [6.07, 6.45) is 0. The molecule has 0 spiro atoms. The Morgan fingerprint density at radius 2 is 1.65 bits per heavy atom. The summed E-state index contributed by atoms with van der Waals surface area (Å²) in [5.74, 6) is -0.671. The topological polar surface area (TPSA) is 79.0 Å². The molecular weight excluding hydrogens is 421 g/mol. The summed E-state index contributed by atoms with van der Waals surface area (Å²) in [7, 11) is -2.56. The molecule has 1 fully saturated rings. The molecule has 7 nitrogen and oxygen atoms in total. The number of rotatable bonds is 7. The summed E-state index contributed by atoms with van der Waals surface area (Å²) >= 11 is 0. The second kappa shape index (κ2) is 9.65. The van der Waals surface area contributed by atoms with Crippen molar-refractivity contribution in [2.45, 2.75) is 24.8 Å². The molecule has 1 N–H and O–H groups in total. The fraction of sp³-hybridized carbons (Fsp3) is 0.409. The van der Waals surface area contributed by atoms with Crippen molar-refractivity contribution in [3.63, 3.8) is 0 Å². The molecule has 168 valence electrons. The van der Waals surface area contributed by atoms with Gasteiger partial charge in [0.05, 0.1) is 7.11 Å². The van der Waals surface area contributed by atoms with Crippen LogP contribution in [0.25, 0.3) is 0 Å². The first-order valence-corrected chi connectivity index (χ1v) is 11.7. The van der Waals surface area contributed by atoms with Crippen LogP contribution in [-0.4, -0.2) is 58.6 Å². The predicted molar refractivity (Wildman–Crippen MR) is 117 cm³/mol. The molecule has 1 heterocycles. The first-order chi connectivity index (χ1) is 14.7. The summed E-state index contributed by atoms with van der Waals surface area (Å²) in [6, 6.07) is 11.9. The molecule has 2 aromatic rings. The Bertz CT molecular complexity index is 1000. The Hall–Kier alpha value is -2.65. The van der Waals surface area contributed by atoms with E-state index in [4.69, 9.17) is 4.74 Å². The molecular formula is C22H28FN3O4S. The van der Waals surface area contributed by atoms with Gasteiger partial charge in [-0.3, -0.25) is 4.79 Å². The van der Waals surface area contributed by atoms with Crippen molar-refractivity contribution in [2.24, 2.45) is 5.92 Å². The molecule has 1 aliphatic rings. The van der Waals surface area contributed by atoms with Gasteiger partial charge in [0, 0.05) is 31.9 Å². The Morgan fingerprint density at radius 1 is 1.03 bits per heavy atom. The maximum atomic E-state index is 14.0. The minimum Gasteiger partial charge on any atom is -0.497 e. The van der Waals surface area contributed by atoms with E-state index in [1.54, 1.807) is 25.9 Å². The predicted octanol–water partition coefficient (Wildman–Crippen LogP) is 2.49. The molecule has 9 heteroatoms. The number of benzene rings is 2. The molecule has 0 aromatic heterocycles. The number of nitrogens with zero attached hydrogens (tertiary/aromatic N) is 2. The van der Waals surface area contributed by atoms with Gasteiger partial charge < -0.3 is 14.5 Å². The number of hydrogen-bond acceptors (Lipinski definition) is 5. The Kier molecular flexibility index (Phi) is 7.17. The van der Waals surface area contributed by atoms with E-state index < -0.39 is 26.8 Å². The minimum absolute atomic E-state index is 0.298. The quantitative estimate of drug-likeness (QED) is 0.703. The molecule has 1 amide bonds. The van der Waals surface area contributed by atoms with E-state index in [0.29, 0.717) is 26.2 Å². The normalized spacial score (nSPS) is 15.8. The lowest BCUT2D eigenvalue weighted by Gasteiger charge is -2.38. The number of carbonyl (C=O) groups is 1. The van der Waals surface area contributed by atoms with E-state index in [0.717, 1.165) is 17.5 Å². The summed E-state index contributed by atoms with van der Waals surface area (Å²) in [6.45, 7) is 5.72. The lowest BCUT2D eigenvalue weighted by molar-refractivity contribution is -0.134. The Labute approximate surface area is 182 Å². The summed E-state index contributed by atoms with van der Waals surface area (Å²) < 4.78 is 47.0. The van der Waals surface area contributed by atoms with Crippen molar-refractivity contribution in [1.29, 1.82) is 0 Å². The van der Waals surface area contributed by atoms with Crippen LogP contribution in [0.5, 0.6) is 5.75 Å². The van der Waals surface area contributed by atoms with E-state index in [9.17, 15) is 17.6 Å². The maximum absolute atomic E-state index is 14.0. The van der Waals surface area contributed by atoms with Crippen molar-refractivity contribution in [3.8, 4) is 5.75 Å². The van der Waals surface area contributed by atoms with Gasteiger partial charge in [-0.2, -0.15) is 4.72 Å². The standard InChI is InChI=1S/C22H28FN3O4S/c1-16(2)21(24-31(28,29)20-7-5-4-6-19(20)23)22(27)26-14-12-25(13-15-26)17-8-10-18(30-3)11-9-17/h4-11,16,21,24H,12-15H2,1-3H3/t21-/m0/s1. The van der Waals surface area contributed by atoms with Gasteiger partial charge in [0.1, 0.15) is 22.5 Å². The monoisotopic (exact) mass is 449 g/mol. The molecule has 0 unspecified atom stereocenters. The SMILES string of the molecule is COc1ccc(N2CCN(C(=O)[C@@H](NS(=O)(=O)c3ccccc3F)C(C)C)CC2)cc1. The smallest absolute Gasteiger partial charge is 0.244 e. The third kappa shape index (κ3) is 5.34. The highest BCUT2D eigenvalue weighted by molar-refractivity contribution is 7.89. The zero-order valence-corrected chi connectivity index (χ0v) is 18.7. The highest BCUT2D eigenvalue weighted by Crippen LogP contribution is 2.22. The van der Waals surface area contributed by atoms with Gasteiger partial charge >= 0.3 is 0 Å². The average Bonchev–Trinajstić information content (AvgIpc) is 2.77. The molecule has 0 aliphatic carbocycles. The number of sulfonamides is 1. The minimum atomic E-state index is -4.17. The van der Waals surface area contributed by atoms with Crippen LogP contribution in [0.2, 0.25) is 0 Å². The van der Waals surface area contributed by atoms with Crippen LogP contribution < -0.4 is 14.4 Å². The second-order valence-corrected chi connectivity index (χ2v) is 9.47. The lowest BCUT2D eigenvalue weighted by atomic mass is 10.0. The van der Waals surface area contributed by atoms with Crippen LogP contribution >= 0.6 is 0 Å².